The minimum Gasteiger partial charge on any atom is -0.350 e. The van der Waals surface area contributed by atoms with Gasteiger partial charge in [0.25, 0.3) is 11.8 Å². The van der Waals surface area contributed by atoms with E-state index in [9.17, 15) is 9.59 Å². The van der Waals surface area contributed by atoms with Crippen molar-refractivity contribution in [2.75, 3.05) is 6.54 Å². The van der Waals surface area contributed by atoms with Gasteiger partial charge in [-0.2, -0.15) is 10.2 Å². The molecule has 1 fully saturated rings. The van der Waals surface area contributed by atoms with Crippen molar-refractivity contribution in [3.8, 4) is 0 Å². The number of aromatic nitrogens is 4. The summed E-state index contributed by atoms with van der Waals surface area (Å²) in [6.07, 6.45) is 4.30. The molecule has 4 rings (SSSR count). The third-order valence-electron chi connectivity index (χ3n) is 5.75. The molecule has 0 aliphatic heterocycles. The summed E-state index contributed by atoms with van der Waals surface area (Å²) in [5.41, 5.74) is 1.62. The zero-order valence-electron chi connectivity index (χ0n) is 15.6. The van der Waals surface area contributed by atoms with Gasteiger partial charge in [-0.3, -0.25) is 14.7 Å². The molecule has 3 N–H and O–H groups in total. The maximum absolute atomic E-state index is 12.8. The highest BCUT2D eigenvalue weighted by Gasteiger charge is 2.48. The maximum atomic E-state index is 12.8. The van der Waals surface area contributed by atoms with E-state index in [4.69, 9.17) is 0 Å². The summed E-state index contributed by atoms with van der Waals surface area (Å²) in [7, 11) is 0. The van der Waals surface area contributed by atoms with Gasteiger partial charge in [-0.25, -0.2) is 4.52 Å². The number of rotatable bonds is 5. The van der Waals surface area contributed by atoms with E-state index in [0.717, 1.165) is 11.9 Å². The van der Waals surface area contributed by atoms with Gasteiger partial charge < -0.3 is 10.6 Å². The zero-order chi connectivity index (χ0) is 19.9. The minimum absolute atomic E-state index is 0.0459. The zero-order valence-corrected chi connectivity index (χ0v) is 17.2. The second-order valence-corrected chi connectivity index (χ2v) is 8.53. The van der Waals surface area contributed by atoms with Gasteiger partial charge >= 0.3 is 0 Å². The normalized spacial score (nSPS) is 20.5. The molecule has 0 saturated heterocycles. The van der Waals surface area contributed by atoms with Gasteiger partial charge in [-0.15, -0.1) is 0 Å². The topological polar surface area (TPSA) is 104 Å². The van der Waals surface area contributed by atoms with Crippen molar-refractivity contribution < 1.29 is 9.59 Å². The first-order chi connectivity index (χ1) is 13.4. The molecule has 8 nitrogen and oxygen atoms in total. The first-order valence-corrected chi connectivity index (χ1v) is 9.88. The monoisotopic (exact) mass is 444 g/mol. The summed E-state index contributed by atoms with van der Waals surface area (Å²) in [6.45, 7) is 4.77. The van der Waals surface area contributed by atoms with Crippen LogP contribution in [0.1, 0.15) is 41.1 Å². The van der Waals surface area contributed by atoms with Gasteiger partial charge in [-0.1, -0.05) is 13.8 Å². The van der Waals surface area contributed by atoms with Crippen LogP contribution < -0.4 is 10.6 Å². The molecule has 9 heteroatoms. The summed E-state index contributed by atoms with van der Waals surface area (Å²) in [5, 5.41) is 16.9. The van der Waals surface area contributed by atoms with E-state index in [2.05, 4.69) is 55.7 Å². The molecule has 3 aromatic rings. The van der Waals surface area contributed by atoms with Gasteiger partial charge in [-0.05, 0) is 51.9 Å². The lowest BCUT2D eigenvalue weighted by Gasteiger charge is -2.52. The highest BCUT2D eigenvalue weighted by Crippen LogP contribution is 2.46. The number of amides is 2. The van der Waals surface area contributed by atoms with Crippen LogP contribution in [0.15, 0.2) is 41.3 Å². The van der Waals surface area contributed by atoms with Gasteiger partial charge in [0.2, 0.25) is 0 Å². The molecule has 3 aromatic heterocycles. The van der Waals surface area contributed by atoms with Crippen LogP contribution in [0.2, 0.25) is 0 Å². The van der Waals surface area contributed by atoms with Crippen molar-refractivity contribution in [1.82, 2.24) is 30.4 Å². The number of hydrogen-bond donors (Lipinski definition) is 3. The number of carbonyl (C=O) groups excluding carboxylic acids is 2. The van der Waals surface area contributed by atoms with E-state index in [1.807, 2.05) is 18.3 Å². The molecule has 1 saturated carbocycles. The fourth-order valence-electron chi connectivity index (χ4n) is 3.71. The number of hydrogen-bond acceptors (Lipinski definition) is 4. The van der Waals surface area contributed by atoms with Crippen molar-refractivity contribution in [3.05, 3.63) is 52.5 Å². The molecular weight excluding hydrogens is 424 g/mol. The summed E-state index contributed by atoms with van der Waals surface area (Å²) in [5.74, 6) is -0.0411. The summed E-state index contributed by atoms with van der Waals surface area (Å²) in [4.78, 5) is 24.9. The van der Waals surface area contributed by atoms with Crippen LogP contribution in [0, 0.1) is 11.3 Å². The van der Waals surface area contributed by atoms with Crippen molar-refractivity contribution >= 4 is 33.3 Å². The molecular formula is C19H21BrN6O2. The standard InChI is InChI=1S/C19H21BrN6O2/c1-19(2)11(10-21-18(28)13-9-16(20)25-24-13)8-15(19)23-17(27)12-4-3-7-26-14(12)5-6-22-26/h3-7,9,11,15H,8,10H2,1-2H3,(H,21,28)(H,23,27)(H,24,25). The van der Waals surface area contributed by atoms with Gasteiger partial charge in [0.1, 0.15) is 4.60 Å². The molecule has 0 radical (unpaired) electrons. The first kappa shape index (κ1) is 18.7. The molecule has 2 atom stereocenters. The second kappa shape index (κ2) is 7.05. The molecule has 146 valence electrons. The lowest BCUT2D eigenvalue weighted by atomic mass is 9.58. The van der Waals surface area contributed by atoms with Crippen molar-refractivity contribution in [3.63, 3.8) is 0 Å². The van der Waals surface area contributed by atoms with Crippen molar-refractivity contribution in [2.45, 2.75) is 26.3 Å². The molecule has 0 aromatic carbocycles. The van der Waals surface area contributed by atoms with Gasteiger partial charge in [0.05, 0.1) is 17.3 Å². The Morgan fingerprint density at radius 2 is 2.18 bits per heavy atom. The smallest absolute Gasteiger partial charge is 0.271 e. The molecule has 0 spiro atoms. The third-order valence-corrected chi connectivity index (χ3v) is 6.15. The van der Waals surface area contributed by atoms with E-state index in [1.54, 1.807) is 22.8 Å². The maximum Gasteiger partial charge on any atom is 0.271 e. The van der Waals surface area contributed by atoms with Crippen molar-refractivity contribution in [2.24, 2.45) is 11.3 Å². The van der Waals surface area contributed by atoms with E-state index in [1.165, 1.54) is 0 Å². The van der Waals surface area contributed by atoms with E-state index in [-0.39, 0.29) is 29.2 Å². The average molecular weight is 445 g/mol. The third kappa shape index (κ3) is 3.30. The number of aromatic amines is 1. The summed E-state index contributed by atoms with van der Waals surface area (Å²) >= 11 is 3.24. The SMILES string of the molecule is CC1(C)C(CNC(=O)c2cc(Br)[nH]n2)CC1NC(=O)c1cccn2nccc12. The molecule has 1 aliphatic rings. The predicted octanol–water partition coefficient (Wildman–Crippen LogP) is 2.39. The number of carbonyl (C=O) groups is 2. The molecule has 3 heterocycles. The number of nitrogens with one attached hydrogen (secondary N) is 3. The van der Waals surface area contributed by atoms with Crippen LogP contribution in [-0.4, -0.2) is 44.2 Å². The Labute approximate surface area is 170 Å². The molecule has 0 bridgehead atoms. The number of halogens is 1. The highest BCUT2D eigenvalue weighted by atomic mass is 79.9. The lowest BCUT2D eigenvalue weighted by Crippen LogP contribution is -2.60. The Bertz CT molecular complexity index is 1040. The molecule has 28 heavy (non-hydrogen) atoms. The Balaban J connectivity index is 1.35. The largest absolute Gasteiger partial charge is 0.350 e. The summed E-state index contributed by atoms with van der Waals surface area (Å²) < 4.78 is 2.35. The van der Waals surface area contributed by atoms with E-state index < -0.39 is 0 Å². The number of fused-ring (bicyclic) bond motifs is 1. The van der Waals surface area contributed by atoms with E-state index >= 15 is 0 Å². The molecule has 1 aliphatic carbocycles. The van der Waals surface area contributed by atoms with Crippen LogP contribution >= 0.6 is 15.9 Å². The van der Waals surface area contributed by atoms with Crippen LogP contribution in [0.5, 0.6) is 0 Å². The minimum atomic E-state index is -0.211. The van der Waals surface area contributed by atoms with Crippen LogP contribution in [0.3, 0.4) is 0 Å². The quantitative estimate of drug-likeness (QED) is 0.561. The second-order valence-electron chi connectivity index (χ2n) is 7.67. The Morgan fingerprint density at radius 1 is 1.36 bits per heavy atom. The van der Waals surface area contributed by atoms with Gasteiger partial charge in [0, 0.05) is 24.8 Å². The fraction of sp³-hybridized carbons (Fsp3) is 0.368. The predicted molar refractivity (Wildman–Crippen MR) is 107 cm³/mol. The van der Waals surface area contributed by atoms with Crippen LogP contribution in [0.4, 0.5) is 0 Å². The molecule has 2 unspecified atom stereocenters. The average Bonchev–Trinajstić information content (AvgIpc) is 3.32. The van der Waals surface area contributed by atoms with Crippen LogP contribution in [-0.2, 0) is 0 Å². The van der Waals surface area contributed by atoms with Crippen molar-refractivity contribution in [1.29, 1.82) is 0 Å². The Kier molecular flexibility index (Phi) is 4.70. The van der Waals surface area contributed by atoms with Crippen LogP contribution in [0.25, 0.3) is 5.52 Å². The summed E-state index contributed by atoms with van der Waals surface area (Å²) in [6, 6.07) is 7.13. The van der Waals surface area contributed by atoms with E-state index in [0.29, 0.717) is 22.4 Å². The van der Waals surface area contributed by atoms with Gasteiger partial charge in [0.15, 0.2) is 5.69 Å². The lowest BCUT2D eigenvalue weighted by molar-refractivity contribution is 0.0150. The number of nitrogens with zero attached hydrogens (tertiary/aromatic N) is 3. The first-order valence-electron chi connectivity index (χ1n) is 9.08. The number of H-pyrrole nitrogens is 1. The molecule has 2 amide bonds. The Hall–Kier alpha value is -2.68. The fourth-order valence-corrected chi connectivity index (χ4v) is 4.01. The Morgan fingerprint density at radius 3 is 2.89 bits per heavy atom. The highest BCUT2D eigenvalue weighted by molar-refractivity contribution is 9.10. The number of pyridine rings is 1.